The summed E-state index contributed by atoms with van der Waals surface area (Å²) in [6, 6.07) is 2.11. The Labute approximate surface area is 183 Å². The SMILES string of the molecule is CC1(n2nc(N3CCC(CN4CCNCC4)CC3)c3ccncc32)C=CC(Cl)=CC1. The van der Waals surface area contributed by atoms with Gasteiger partial charge in [0.1, 0.15) is 0 Å². The van der Waals surface area contributed by atoms with E-state index in [1.165, 1.54) is 37.9 Å². The first-order chi connectivity index (χ1) is 14.6. The van der Waals surface area contributed by atoms with E-state index in [0.717, 1.165) is 54.9 Å². The molecular formula is C23H31ClN6. The number of piperidine rings is 1. The molecule has 2 aromatic rings. The molecule has 2 aliphatic heterocycles. The Morgan fingerprint density at radius 1 is 1.20 bits per heavy atom. The fourth-order valence-electron chi connectivity index (χ4n) is 5.01. The molecule has 7 heteroatoms. The summed E-state index contributed by atoms with van der Waals surface area (Å²) in [5.74, 6) is 1.89. The second-order valence-electron chi connectivity index (χ2n) is 9.09. The van der Waals surface area contributed by atoms with E-state index in [-0.39, 0.29) is 5.54 Å². The maximum Gasteiger partial charge on any atom is 0.158 e. The minimum Gasteiger partial charge on any atom is -0.355 e. The molecule has 160 valence electrons. The Morgan fingerprint density at radius 3 is 2.73 bits per heavy atom. The summed E-state index contributed by atoms with van der Waals surface area (Å²) >= 11 is 6.18. The summed E-state index contributed by atoms with van der Waals surface area (Å²) in [6.45, 7) is 10.2. The molecule has 0 bridgehead atoms. The topological polar surface area (TPSA) is 49.2 Å². The van der Waals surface area contributed by atoms with E-state index in [4.69, 9.17) is 16.7 Å². The van der Waals surface area contributed by atoms with Crippen molar-refractivity contribution in [2.75, 3.05) is 50.7 Å². The molecule has 4 heterocycles. The van der Waals surface area contributed by atoms with Crippen molar-refractivity contribution in [3.05, 3.63) is 41.7 Å². The van der Waals surface area contributed by atoms with E-state index in [1.807, 2.05) is 18.5 Å². The van der Waals surface area contributed by atoms with Crippen molar-refractivity contribution >= 4 is 28.3 Å². The molecule has 3 aliphatic rings. The van der Waals surface area contributed by atoms with Crippen LogP contribution in [-0.4, -0.2) is 65.5 Å². The largest absolute Gasteiger partial charge is 0.355 e. The van der Waals surface area contributed by atoms with Crippen molar-refractivity contribution in [3.8, 4) is 0 Å². The highest BCUT2D eigenvalue weighted by Gasteiger charge is 2.31. The molecule has 0 amide bonds. The van der Waals surface area contributed by atoms with Crippen LogP contribution in [0.5, 0.6) is 0 Å². The summed E-state index contributed by atoms with van der Waals surface area (Å²) in [7, 11) is 0. The zero-order valence-corrected chi connectivity index (χ0v) is 18.5. The number of halogens is 1. The Hall–Kier alpha value is -1.89. The van der Waals surface area contributed by atoms with Crippen LogP contribution in [0.2, 0.25) is 0 Å². The van der Waals surface area contributed by atoms with Crippen LogP contribution in [0.25, 0.3) is 10.9 Å². The Kier molecular flexibility index (Phi) is 5.56. The lowest BCUT2D eigenvalue weighted by Crippen LogP contribution is -2.47. The number of nitrogens with one attached hydrogen (secondary N) is 1. The van der Waals surface area contributed by atoms with Gasteiger partial charge in [0.25, 0.3) is 0 Å². The van der Waals surface area contributed by atoms with E-state index in [9.17, 15) is 0 Å². The van der Waals surface area contributed by atoms with Crippen LogP contribution >= 0.6 is 11.6 Å². The van der Waals surface area contributed by atoms with E-state index in [2.05, 4.69) is 49.9 Å². The van der Waals surface area contributed by atoms with Gasteiger partial charge in [-0.1, -0.05) is 23.8 Å². The molecule has 1 aliphatic carbocycles. The van der Waals surface area contributed by atoms with Gasteiger partial charge in [-0.05, 0) is 44.2 Å². The van der Waals surface area contributed by atoms with Gasteiger partial charge in [0.05, 0.1) is 17.3 Å². The van der Waals surface area contributed by atoms with Gasteiger partial charge in [-0.15, -0.1) is 0 Å². The van der Waals surface area contributed by atoms with Crippen molar-refractivity contribution < 1.29 is 0 Å². The predicted octanol–water partition coefficient (Wildman–Crippen LogP) is 3.35. The lowest BCUT2D eigenvalue weighted by Gasteiger charge is -2.36. The van der Waals surface area contributed by atoms with Gasteiger partial charge < -0.3 is 15.1 Å². The number of hydrogen-bond acceptors (Lipinski definition) is 5. The molecule has 0 spiro atoms. The molecule has 1 unspecified atom stereocenters. The van der Waals surface area contributed by atoms with Crippen LogP contribution in [0.1, 0.15) is 26.2 Å². The van der Waals surface area contributed by atoms with Crippen molar-refractivity contribution in [2.24, 2.45) is 5.92 Å². The monoisotopic (exact) mass is 426 g/mol. The van der Waals surface area contributed by atoms with E-state index < -0.39 is 0 Å². The summed E-state index contributed by atoms with van der Waals surface area (Å²) in [4.78, 5) is 9.50. The maximum absolute atomic E-state index is 6.18. The minimum absolute atomic E-state index is 0.224. The number of rotatable bonds is 4. The number of allylic oxidation sites excluding steroid dienone is 4. The van der Waals surface area contributed by atoms with Crippen molar-refractivity contribution in [2.45, 2.75) is 31.7 Å². The summed E-state index contributed by atoms with van der Waals surface area (Å²) in [5.41, 5.74) is 0.868. The van der Waals surface area contributed by atoms with Gasteiger partial charge in [-0.3, -0.25) is 9.67 Å². The van der Waals surface area contributed by atoms with Crippen LogP contribution in [0.3, 0.4) is 0 Å². The van der Waals surface area contributed by atoms with Crippen molar-refractivity contribution in [1.29, 1.82) is 0 Å². The van der Waals surface area contributed by atoms with Crippen molar-refractivity contribution in [1.82, 2.24) is 25.0 Å². The second kappa shape index (κ2) is 8.33. The number of aromatic nitrogens is 3. The lowest BCUT2D eigenvalue weighted by molar-refractivity contribution is 0.190. The predicted molar refractivity (Wildman–Crippen MR) is 123 cm³/mol. The molecule has 1 atom stereocenters. The third-order valence-corrected chi connectivity index (χ3v) is 7.18. The van der Waals surface area contributed by atoms with Gasteiger partial charge in [0.15, 0.2) is 5.82 Å². The molecule has 1 N–H and O–H groups in total. The minimum atomic E-state index is -0.224. The standard InChI is InChI=1S/C23H31ClN6/c1-23(7-2-19(24)3-8-23)30-21-16-26-9-4-20(21)22(27-30)29-12-5-18(6-13-29)17-28-14-10-25-11-15-28/h2-4,7,9,16,18,25H,5-6,8,10-15,17H2,1H3. The fourth-order valence-corrected chi connectivity index (χ4v) is 5.15. The molecule has 0 saturated carbocycles. The Bertz CT molecular complexity index is 952. The van der Waals surface area contributed by atoms with E-state index in [0.29, 0.717) is 0 Å². The summed E-state index contributed by atoms with van der Waals surface area (Å²) in [6.07, 6.45) is 13.4. The first kappa shape index (κ1) is 20.0. The van der Waals surface area contributed by atoms with Gasteiger partial charge in [0.2, 0.25) is 0 Å². The van der Waals surface area contributed by atoms with Crippen LogP contribution in [0.15, 0.2) is 41.7 Å². The average molecular weight is 427 g/mol. The smallest absolute Gasteiger partial charge is 0.158 e. The third-order valence-electron chi connectivity index (χ3n) is 6.90. The molecule has 5 rings (SSSR count). The number of pyridine rings is 1. The second-order valence-corrected chi connectivity index (χ2v) is 9.53. The molecule has 2 aromatic heterocycles. The quantitative estimate of drug-likeness (QED) is 0.812. The lowest BCUT2D eigenvalue weighted by atomic mass is 9.93. The molecule has 30 heavy (non-hydrogen) atoms. The first-order valence-corrected chi connectivity index (χ1v) is 11.6. The molecule has 0 radical (unpaired) electrons. The first-order valence-electron chi connectivity index (χ1n) is 11.2. The van der Waals surface area contributed by atoms with Crippen LogP contribution in [0, 0.1) is 5.92 Å². The zero-order chi connectivity index (χ0) is 20.6. The van der Waals surface area contributed by atoms with E-state index in [1.54, 1.807) is 0 Å². The Balaban J connectivity index is 1.35. The number of piperazine rings is 1. The maximum atomic E-state index is 6.18. The average Bonchev–Trinajstić information content (AvgIpc) is 3.18. The zero-order valence-electron chi connectivity index (χ0n) is 17.7. The number of hydrogen-bond donors (Lipinski definition) is 1. The molecular weight excluding hydrogens is 396 g/mol. The number of nitrogens with zero attached hydrogens (tertiary/aromatic N) is 5. The normalized spacial score (nSPS) is 26.3. The molecule has 2 saturated heterocycles. The summed E-state index contributed by atoms with van der Waals surface area (Å²) in [5, 5.41) is 10.6. The van der Waals surface area contributed by atoms with Crippen LogP contribution in [0.4, 0.5) is 5.82 Å². The van der Waals surface area contributed by atoms with Crippen LogP contribution < -0.4 is 10.2 Å². The molecule has 0 aromatic carbocycles. The van der Waals surface area contributed by atoms with Gasteiger partial charge >= 0.3 is 0 Å². The molecule has 6 nitrogen and oxygen atoms in total. The number of fused-ring (bicyclic) bond motifs is 1. The van der Waals surface area contributed by atoms with Crippen LogP contribution in [-0.2, 0) is 5.54 Å². The van der Waals surface area contributed by atoms with Gasteiger partial charge in [-0.2, -0.15) is 5.10 Å². The van der Waals surface area contributed by atoms with Crippen molar-refractivity contribution in [3.63, 3.8) is 0 Å². The third kappa shape index (κ3) is 3.88. The fraction of sp³-hybridized carbons (Fsp3) is 0.565. The van der Waals surface area contributed by atoms with Gasteiger partial charge in [-0.25, -0.2) is 0 Å². The highest BCUT2D eigenvalue weighted by atomic mass is 35.5. The Morgan fingerprint density at radius 2 is 2.00 bits per heavy atom. The number of anilines is 1. The highest BCUT2D eigenvalue weighted by molar-refractivity contribution is 6.31. The summed E-state index contributed by atoms with van der Waals surface area (Å²) < 4.78 is 2.15. The van der Waals surface area contributed by atoms with Gasteiger partial charge in [0, 0.05) is 62.4 Å². The van der Waals surface area contributed by atoms with E-state index >= 15 is 0 Å². The highest BCUT2D eigenvalue weighted by Crippen LogP contribution is 2.36. The molecule has 2 fully saturated rings.